The van der Waals surface area contributed by atoms with Crippen LogP contribution in [-0.4, -0.2) is 35.9 Å². The molecule has 0 saturated heterocycles. The number of esters is 1. The lowest BCUT2D eigenvalue weighted by Gasteiger charge is -2.24. The van der Waals surface area contributed by atoms with E-state index < -0.39 is 30.3 Å². The van der Waals surface area contributed by atoms with Crippen LogP contribution in [-0.2, 0) is 4.74 Å². The van der Waals surface area contributed by atoms with Gasteiger partial charge in [0, 0.05) is 5.56 Å². The number of hydrogen-bond donors (Lipinski definition) is 1. The summed E-state index contributed by atoms with van der Waals surface area (Å²) in [5.41, 5.74) is -0.708. The highest BCUT2D eigenvalue weighted by atomic mass is 19.3. The Morgan fingerprint density at radius 3 is 2.48 bits per heavy atom. The number of amides is 1. The topological polar surface area (TPSA) is 109 Å². The van der Waals surface area contributed by atoms with Gasteiger partial charge in [-0.1, -0.05) is 0 Å². The molecule has 0 bridgehead atoms. The van der Waals surface area contributed by atoms with Gasteiger partial charge in [-0.15, -0.1) is 0 Å². The Hall–Kier alpha value is -3.37. The lowest BCUT2D eigenvalue weighted by molar-refractivity contribution is -0.0524. The number of alkyl carbamates (subject to hydrolysis) is 1. The number of ether oxygens (including phenoxy) is 4. The predicted octanol–water partition coefficient (Wildman–Crippen LogP) is 4.48. The van der Waals surface area contributed by atoms with Gasteiger partial charge in [-0.25, -0.2) is 14.6 Å². The molecule has 0 fully saturated rings. The van der Waals surface area contributed by atoms with Gasteiger partial charge in [0.2, 0.25) is 5.75 Å². The molecule has 1 aromatic carbocycles. The summed E-state index contributed by atoms with van der Waals surface area (Å²) in [6.07, 6.45) is 1.36. The van der Waals surface area contributed by atoms with Crippen molar-refractivity contribution in [3.63, 3.8) is 0 Å². The van der Waals surface area contributed by atoms with E-state index in [1.165, 1.54) is 12.1 Å². The highest BCUT2D eigenvalue weighted by Crippen LogP contribution is 2.43. The van der Waals surface area contributed by atoms with Crippen LogP contribution >= 0.6 is 0 Å². The average Bonchev–Trinajstić information content (AvgIpc) is 3.17. The van der Waals surface area contributed by atoms with Crippen molar-refractivity contribution in [1.82, 2.24) is 10.3 Å². The molecule has 2 aromatic rings. The molecule has 0 aliphatic carbocycles. The fourth-order valence-corrected chi connectivity index (χ4v) is 2.50. The van der Waals surface area contributed by atoms with E-state index in [1.54, 1.807) is 34.6 Å². The van der Waals surface area contributed by atoms with Gasteiger partial charge in [-0.05, 0) is 46.8 Å². The molecule has 0 aliphatic rings. The first-order valence-electron chi connectivity index (χ1n) is 9.36. The van der Waals surface area contributed by atoms with Gasteiger partial charge in [0.25, 0.3) is 0 Å². The number of hydrogen-bond acceptors (Lipinski definition) is 8. The van der Waals surface area contributed by atoms with Gasteiger partial charge in [-0.3, -0.25) is 0 Å². The quantitative estimate of drug-likeness (QED) is 0.471. The molecule has 0 saturated carbocycles. The molecule has 11 heteroatoms. The summed E-state index contributed by atoms with van der Waals surface area (Å²) < 4.78 is 51.6. The number of oxazole rings is 1. The zero-order valence-corrected chi connectivity index (χ0v) is 17.7. The Kier molecular flexibility index (Phi) is 7.78. The molecule has 0 spiro atoms. The molecule has 2 rings (SSSR count). The van der Waals surface area contributed by atoms with Crippen LogP contribution in [0.5, 0.6) is 17.2 Å². The molecule has 31 heavy (non-hydrogen) atoms. The Labute approximate surface area is 177 Å². The van der Waals surface area contributed by atoms with E-state index in [-0.39, 0.29) is 35.1 Å². The van der Waals surface area contributed by atoms with Crippen molar-refractivity contribution in [2.45, 2.75) is 52.9 Å². The van der Waals surface area contributed by atoms with Crippen LogP contribution in [0.4, 0.5) is 13.6 Å². The van der Waals surface area contributed by atoms with Gasteiger partial charge < -0.3 is 28.7 Å². The third-order valence-corrected chi connectivity index (χ3v) is 3.65. The minimum Gasteiger partial charge on any atom is -0.487 e. The lowest BCUT2D eigenvalue weighted by Crippen LogP contribution is -2.34. The number of halogens is 2. The van der Waals surface area contributed by atoms with Gasteiger partial charge in [0.05, 0.1) is 12.6 Å². The standard InChI is InChI=1S/C20H24F2N2O7/c1-6-28-16-14(29-17(25)13-9-27-10-23-13)8-7-12(15(16)30-18(21)22)11(2)24-19(26)31-20(3,4)5/h7-11,18H,6H2,1-5H3,(H,24,26)/t11-/m0/s1. The van der Waals surface area contributed by atoms with E-state index in [0.29, 0.717) is 0 Å². The van der Waals surface area contributed by atoms with Crippen molar-refractivity contribution in [3.05, 3.63) is 36.0 Å². The molecule has 1 N–H and O–H groups in total. The second-order valence-electron chi connectivity index (χ2n) is 7.25. The summed E-state index contributed by atoms with van der Waals surface area (Å²) in [5.74, 6) is -1.66. The zero-order chi connectivity index (χ0) is 23.2. The molecule has 1 aromatic heterocycles. The first-order valence-corrected chi connectivity index (χ1v) is 9.36. The number of carbonyl (C=O) groups excluding carboxylic acids is 2. The average molecular weight is 442 g/mol. The van der Waals surface area contributed by atoms with Crippen LogP contribution < -0.4 is 19.5 Å². The maximum absolute atomic E-state index is 13.2. The number of alkyl halides is 2. The van der Waals surface area contributed by atoms with E-state index in [0.717, 1.165) is 12.7 Å². The van der Waals surface area contributed by atoms with Gasteiger partial charge >= 0.3 is 18.7 Å². The summed E-state index contributed by atoms with van der Waals surface area (Å²) >= 11 is 0. The molecular weight excluding hydrogens is 418 g/mol. The highest BCUT2D eigenvalue weighted by molar-refractivity contribution is 5.89. The zero-order valence-electron chi connectivity index (χ0n) is 17.7. The van der Waals surface area contributed by atoms with Crippen LogP contribution in [0.25, 0.3) is 0 Å². The van der Waals surface area contributed by atoms with Gasteiger partial charge in [0.1, 0.15) is 11.9 Å². The maximum atomic E-state index is 13.2. The monoisotopic (exact) mass is 442 g/mol. The first kappa shape index (κ1) is 23.9. The van der Waals surface area contributed by atoms with E-state index in [4.69, 9.17) is 18.6 Å². The van der Waals surface area contributed by atoms with Crippen molar-refractivity contribution < 1.29 is 41.7 Å². The highest BCUT2D eigenvalue weighted by Gasteiger charge is 2.27. The Balaban J connectivity index is 2.40. The number of nitrogens with one attached hydrogen (secondary N) is 1. The number of aromatic nitrogens is 1. The Bertz CT molecular complexity index is 896. The Morgan fingerprint density at radius 1 is 1.23 bits per heavy atom. The van der Waals surface area contributed by atoms with Crippen molar-refractivity contribution in [2.75, 3.05) is 6.61 Å². The molecule has 170 valence electrons. The maximum Gasteiger partial charge on any atom is 0.408 e. The third kappa shape index (κ3) is 6.83. The molecule has 1 atom stereocenters. The second-order valence-corrected chi connectivity index (χ2v) is 7.25. The van der Waals surface area contributed by atoms with Crippen LogP contribution in [0, 0.1) is 0 Å². The molecule has 1 heterocycles. The SMILES string of the molecule is CCOc1c(OC(=O)c2cocn2)ccc([C@H](C)NC(=O)OC(C)(C)C)c1OC(F)F. The van der Waals surface area contributed by atoms with Crippen molar-refractivity contribution >= 4 is 12.1 Å². The normalized spacial score (nSPS) is 12.3. The van der Waals surface area contributed by atoms with Crippen molar-refractivity contribution in [2.24, 2.45) is 0 Å². The number of benzene rings is 1. The summed E-state index contributed by atoms with van der Waals surface area (Å²) in [6, 6.07) is 1.90. The summed E-state index contributed by atoms with van der Waals surface area (Å²) in [7, 11) is 0. The molecule has 0 unspecified atom stereocenters. The number of rotatable bonds is 8. The van der Waals surface area contributed by atoms with E-state index in [1.807, 2.05) is 0 Å². The van der Waals surface area contributed by atoms with E-state index >= 15 is 0 Å². The predicted molar refractivity (Wildman–Crippen MR) is 103 cm³/mol. The fraction of sp³-hybridized carbons (Fsp3) is 0.450. The minimum atomic E-state index is -3.20. The smallest absolute Gasteiger partial charge is 0.408 e. The van der Waals surface area contributed by atoms with Crippen molar-refractivity contribution in [1.29, 1.82) is 0 Å². The minimum absolute atomic E-state index is 0.0609. The largest absolute Gasteiger partial charge is 0.487 e. The lowest BCUT2D eigenvalue weighted by atomic mass is 10.1. The molecular formula is C20H24F2N2O7. The molecule has 1 amide bonds. The second kappa shape index (κ2) is 10.1. The summed E-state index contributed by atoms with van der Waals surface area (Å²) in [6.45, 7) is 5.09. The van der Waals surface area contributed by atoms with Gasteiger partial charge in [0.15, 0.2) is 23.6 Å². The third-order valence-electron chi connectivity index (χ3n) is 3.65. The van der Waals surface area contributed by atoms with Crippen LogP contribution in [0.15, 0.2) is 29.2 Å². The number of nitrogens with zero attached hydrogens (tertiary/aromatic N) is 1. The van der Waals surface area contributed by atoms with Crippen molar-refractivity contribution in [3.8, 4) is 17.2 Å². The van der Waals surface area contributed by atoms with Crippen LogP contribution in [0.2, 0.25) is 0 Å². The van der Waals surface area contributed by atoms with Gasteiger partial charge in [-0.2, -0.15) is 8.78 Å². The first-order chi connectivity index (χ1) is 14.5. The summed E-state index contributed by atoms with van der Waals surface area (Å²) in [4.78, 5) is 28.0. The molecule has 0 radical (unpaired) electrons. The fourth-order valence-electron chi connectivity index (χ4n) is 2.50. The Morgan fingerprint density at radius 2 is 1.94 bits per heavy atom. The number of carbonyl (C=O) groups is 2. The van der Waals surface area contributed by atoms with Crippen LogP contribution in [0.1, 0.15) is 56.7 Å². The molecule has 9 nitrogen and oxygen atoms in total. The van der Waals surface area contributed by atoms with E-state index in [2.05, 4.69) is 15.0 Å². The summed E-state index contributed by atoms with van der Waals surface area (Å²) in [5, 5.41) is 2.55. The van der Waals surface area contributed by atoms with E-state index in [9.17, 15) is 18.4 Å². The van der Waals surface area contributed by atoms with Crippen LogP contribution in [0.3, 0.4) is 0 Å². The molecule has 0 aliphatic heterocycles.